The molecule has 1 aliphatic carbocycles. The van der Waals surface area contributed by atoms with Gasteiger partial charge in [0, 0.05) is 18.1 Å². The average Bonchev–Trinajstić information content (AvgIpc) is 2.49. The maximum Gasteiger partial charge on any atom is 0.0658 e. The number of hydrogen-bond acceptors (Lipinski definition) is 3. The molecule has 1 saturated heterocycles. The van der Waals surface area contributed by atoms with E-state index >= 15 is 0 Å². The predicted molar refractivity (Wildman–Crippen MR) is 85.1 cm³/mol. The van der Waals surface area contributed by atoms with Crippen LogP contribution in [-0.4, -0.2) is 49.8 Å². The van der Waals surface area contributed by atoms with Crippen LogP contribution in [0.15, 0.2) is 0 Å². The summed E-state index contributed by atoms with van der Waals surface area (Å²) in [6.07, 6.45) is 5.61. The Bertz CT molecular complexity index is 289. The molecule has 3 heteroatoms. The van der Waals surface area contributed by atoms with E-state index < -0.39 is 0 Å². The molecule has 0 radical (unpaired) electrons. The van der Waals surface area contributed by atoms with Crippen molar-refractivity contribution < 1.29 is 4.74 Å². The second kappa shape index (κ2) is 7.24. The summed E-state index contributed by atoms with van der Waals surface area (Å²) in [6, 6.07) is 0.660. The third-order valence-electron chi connectivity index (χ3n) is 5.92. The first-order chi connectivity index (χ1) is 9.63. The first kappa shape index (κ1) is 16.3. The van der Waals surface area contributed by atoms with Gasteiger partial charge in [-0.3, -0.25) is 0 Å². The molecule has 0 bridgehead atoms. The standard InChI is InChI=1S/C17H34N2O/c1-5-17(4)15(12-16(17)20-7-3)18-13-14-8-10-19(6-2)11-9-14/h14-16,18H,5-13H2,1-4H3. The molecule has 1 heterocycles. The molecule has 3 unspecified atom stereocenters. The first-order valence-electron chi connectivity index (χ1n) is 8.71. The van der Waals surface area contributed by atoms with Crippen LogP contribution in [0.1, 0.15) is 53.4 Å². The molecule has 2 aliphatic rings. The summed E-state index contributed by atoms with van der Waals surface area (Å²) in [6.45, 7) is 14.9. The molecule has 20 heavy (non-hydrogen) atoms. The first-order valence-corrected chi connectivity index (χ1v) is 8.71. The van der Waals surface area contributed by atoms with Gasteiger partial charge >= 0.3 is 0 Å². The zero-order chi connectivity index (χ0) is 14.6. The number of rotatable bonds is 7. The zero-order valence-electron chi connectivity index (χ0n) is 14.0. The summed E-state index contributed by atoms with van der Waals surface area (Å²) in [4.78, 5) is 2.57. The van der Waals surface area contributed by atoms with Crippen LogP contribution in [0.25, 0.3) is 0 Å². The van der Waals surface area contributed by atoms with Crippen LogP contribution in [-0.2, 0) is 4.74 Å². The average molecular weight is 282 g/mol. The smallest absolute Gasteiger partial charge is 0.0658 e. The quantitative estimate of drug-likeness (QED) is 0.777. The van der Waals surface area contributed by atoms with E-state index in [0.29, 0.717) is 17.6 Å². The number of piperidine rings is 1. The lowest BCUT2D eigenvalue weighted by Gasteiger charge is -2.54. The molecule has 0 spiro atoms. The summed E-state index contributed by atoms with van der Waals surface area (Å²) in [7, 11) is 0. The minimum absolute atomic E-state index is 0.347. The van der Waals surface area contributed by atoms with E-state index in [1.165, 1.54) is 51.9 Å². The maximum atomic E-state index is 5.89. The molecule has 3 atom stereocenters. The van der Waals surface area contributed by atoms with E-state index in [9.17, 15) is 0 Å². The lowest BCUT2D eigenvalue weighted by molar-refractivity contribution is -0.126. The van der Waals surface area contributed by atoms with Crippen LogP contribution in [0.5, 0.6) is 0 Å². The summed E-state index contributed by atoms with van der Waals surface area (Å²) in [5.74, 6) is 0.880. The Hall–Kier alpha value is -0.120. The minimum atomic E-state index is 0.347. The van der Waals surface area contributed by atoms with E-state index in [0.717, 1.165) is 12.5 Å². The molecule has 3 nitrogen and oxygen atoms in total. The van der Waals surface area contributed by atoms with Gasteiger partial charge in [-0.2, -0.15) is 0 Å². The summed E-state index contributed by atoms with van der Waals surface area (Å²) >= 11 is 0. The predicted octanol–water partition coefficient (Wildman–Crippen LogP) is 2.90. The van der Waals surface area contributed by atoms with Gasteiger partial charge in [0.05, 0.1) is 6.10 Å². The largest absolute Gasteiger partial charge is 0.378 e. The molecule has 2 rings (SSSR count). The Balaban J connectivity index is 1.72. The van der Waals surface area contributed by atoms with Gasteiger partial charge in [0.1, 0.15) is 0 Å². The van der Waals surface area contributed by atoms with Crippen molar-refractivity contribution in [1.82, 2.24) is 10.2 Å². The van der Waals surface area contributed by atoms with Crippen LogP contribution >= 0.6 is 0 Å². The van der Waals surface area contributed by atoms with Crippen molar-refractivity contribution in [3.05, 3.63) is 0 Å². The van der Waals surface area contributed by atoms with Gasteiger partial charge in [-0.1, -0.05) is 20.8 Å². The van der Waals surface area contributed by atoms with Crippen molar-refractivity contribution in [2.75, 3.05) is 32.8 Å². The molecule has 118 valence electrons. The third kappa shape index (κ3) is 3.37. The maximum absolute atomic E-state index is 5.89. The highest BCUT2D eigenvalue weighted by Crippen LogP contribution is 2.45. The van der Waals surface area contributed by atoms with E-state index in [4.69, 9.17) is 4.74 Å². The Morgan fingerprint density at radius 2 is 1.90 bits per heavy atom. The van der Waals surface area contributed by atoms with Crippen LogP contribution in [0, 0.1) is 11.3 Å². The Kier molecular flexibility index (Phi) is 5.88. The van der Waals surface area contributed by atoms with E-state index in [1.807, 2.05) is 0 Å². The molecule has 0 aromatic rings. The number of hydrogen-bond donors (Lipinski definition) is 1. The Morgan fingerprint density at radius 1 is 1.20 bits per heavy atom. The number of ether oxygens (including phenoxy) is 1. The van der Waals surface area contributed by atoms with Crippen molar-refractivity contribution in [2.45, 2.75) is 65.5 Å². The highest BCUT2D eigenvalue weighted by Gasteiger charge is 2.50. The molecule has 0 aromatic heterocycles. The fraction of sp³-hybridized carbons (Fsp3) is 1.00. The molecule has 1 N–H and O–H groups in total. The van der Waals surface area contributed by atoms with Crippen molar-refractivity contribution in [3.63, 3.8) is 0 Å². The summed E-state index contributed by atoms with van der Waals surface area (Å²) in [5.41, 5.74) is 0.347. The second-order valence-electron chi connectivity index (χ2n) is 6.88. The Morgan fingerprint density at radius 3 is 2.45 bits per heavy atom. The molecule has 0 aromatic carbocycles. The SMILES string of the molecule is CCOC1CC(NCC2CCN(CC)CC2)C1(C)CC. The summed E-state index contributed by atoms with van der Waals surface area (Å²) in [5, 5.41) is 3.85. The van der Waals surface area contributed by atoms with Gasteiger partial charge in [-0.15, -0.1) is 0 Å². The normalized spacial score (nSPS) is 36.0. The molecule has 1 saturated carbocycles. The van der Waals surface area contributed by atoms with Crippen LogP contribution in [0.4, 0.5) is 0 Å². The van der Waals surface area contributed by atoms with Crippen molar-refractivity contribution in [1.29, 1.82) is 0 Å². The molecule has 2 fully saturated rings. The third-order valence-corrected chi connectivity index (χ3v) is 5.92. The monoisotopic (exact) mass is 282 g/mol. The lowest BCUT2D eigenvalue weighted by atomic mass is 9.61. The van der Waals surface area contributed by atoms with Gasteiger partial charge in [-0.25, -0.2) is 0 Å². The van der Waals surface area contributed by atoms with E-state index in [2.05, 4.69) is 37.9 Å². The molecular formula is C17H34N2O. The van der Waals surface area contributed by atoms with Crippen molar-refractivity contribution in [2.24, 2.45) is 11.3 Å². The van der Waals surface area contributed by atoms with Crippen LogP contribution < -0.4 is 5.32 Å². The van der Waals surface area contributed by atoms with Crippen LogP contribution in [0.3, 0.4) is 0 Å². The molecule has 0 amide bonds. The van der Waals surface area contributed by atoms with Gasteiger partial charge in [0.2, 0.25) is 0 Å². The fourth-order valence-electron chi connectivity index (χ4n) is 3.88. The minimum Gasteiger partial charge on any atom is -0.378 e. The highest BCUT2D eigenvalue weighted by atomic mass is 16.5. The van der Waals surface area contributed by atoms with E-state index in [-0.39, 0.29) is 0 Å². The van der Waals surface area contributed by atoms with Crippen molar-refractivity contribution >= 4 is 0 Å². The summed E-state index contributed by atoms with van der Waals surface area (Å²) < 4.78 is 5.89. The van der Waals surface area contributed by atoms with Gasteiger partial charge in [0.25, 0.3) is 0 Å². The Labute approximate surface area is 125 Å². The second-order valence-corrected chi connectivity index (χ2v) is 6.88. The number of nitrogens with one attached hydrogen (secondary N) is 1. The number of likely N-dealkylation sites (tertiary alicyclic amines) is 1. The van der Waals surface area contributed by atoms with Crippen LogP contribution in [0.2, 0.25) is 0 Å². The molecule has 1 aliphatic heterocycles. The van der Waals surface area contributed by atoms with E-state index in [1.54, 1.807) is 0 Å². The topological polar surface area (TPSA) is 24.5 Å². The lowest BCUT2D eigenvalue weighted by Crippen LogP contribution is -2.62. The fourth-order valence-corrected chi connectivity index (χ4v) is 3.88. The highest BCUT2D eigenvalue weighted by molar-refractivity contribution is 5.04. The molecular weight excluding hydrogens is 248 g/mol. The van der Waals surface area contributed by atoms with Crippen molar-refractivity contribution in [3.8, 4) is 0 Å². The van der Waals surface area contributed by atoms with Gasteiger partial charge in [-0.05, 0) is 64.7 Å². The van der Waals surface area contributed by atoms with Gasteiger partial charge < -0.3 is 15.0 Å². The van der Waals surface area contributed by atoms with Gasteiger partial charge in [0.15, 0.2) is 0 Å². The number of nitrogens with zero attached hydrogens (tertiary/aromatic N) is 1. The zero-order valence-corrected chi connectivity index (χ0v) is 14.0.